The lowest BCUT2D eigenvalue weighted by atomic mass is 10.0. The van der Waals surface area contributed by atoms with Gasteiger partial charge in [0.1, 0.15) is 0 Å². The molecule has 4 heteroatoms. The van der Waals surface area contributed by atoms with Gasteiger partial charge >= 0.3 is 0 Å². The van der Waals surface area contributed by atoms with E-state index in [1.165, 1.54) is 12.1 Å². The SMILES string of the molecule is C=CCCC(O)c1cccc([N+](=O)[O-])c1. The minimum atomic E-state index is -0.664. The molecule has 1 aromatic rings. The maximum absolute atomic E-state index is 10.5. The number of nitro groups is 1. The van der Waals surface area contributed by atoms with Gasteiger partial charge in [-0.1, -0.05) is 18.2 Å². The van der Waals surface area contributed by atoms with Crippen molar-refractivity contribution in [1.29, 1.82) is 0 Å². The summed E-state index contributed by atoms with van der Waals surface area (Å²) in [5.41, 5.74) is 0.580. The Labute approximate surface area is 88.0 Å². The van der Waals surface area contributed by atoms with Gasteiger partial charge in [0.15, 0.2) is 0 Å². The van der Waals surface area contributed by atoms with Gasteiger partial charge in [0.25, 0.3) is 5.69 Å². The number of benzene rings is 1. The minimum Gasteiger partial charge on any atom is -0.388 e. The van der Waals surface area contributed by atoms with Crippen molar-refractivity contribution < 1.29 is 10.0 Å². The van der Waals surface area contributed by atoms with Crippen LogP contribution >= 0.6 is 0 Å². The molecule has 15 heavy (non-hydrogen) atoms. The highest BCUT2D eigenvalue weighted by Crippen LogP contribution is 2.22. The van der Waals surface area contributed by atoms with Crippen molar-refractivity contribution in [3.63, 3.8) is 0 Å². The Morgan fingerprint density at radius 3 is 2.93 bits per heavy atom. The van der Waals surface area contributed by atoms with Crippen molar-refractivity contribution >= 4 is 5.69 Å². The molecule has 0 radical (unpaired) electrons. The predicted octanol–water partition coefficient (Wildman–Crippen LogP) is 2.59. The first-order chi connectivity index (χ1) is 7.15. The van der Waals surface area contributed by atoms with Gasteiger partial charge in [0.2, 0.25) is 0 Å². The summed E-state index contributed by atoms with van der Waals surface area (Å²) in [6.07, 6.45) is 2.26. The second kappa shape index (κ2) is 5.26. The van der Waals surface area contributed by atoms with Crippen LogP contribution in [-0.4, -0.2) is 10.0 Å². The molecule has 0 fully saturated rings. The molecule has 1 N–H and O–H groups in total. The van der Waals surface area contributed by atoms with Crippen LogP contribution < -0.4 is 0 Å². The summed E-state index contributed by atoms with van der Waals surface area (Å²) in [6.45, 7) is 3.55. The van der Waals surface area contributed by atoms with Crippen LogP contribution in [-0.2, 0) is 0 Å². The quantitative estimate of drug-likeness (QED) is 0.458. The third-order valence-corrected chi connectivity index (χ3v) is 2.11. The fraction of sp³-hybridized carbons (Fsp3) is 0.273. The van der Waals surface area contributed by atoms with E-state index in [1.807, 2.05) is 0 Å². The van der Waals surface area contributed by atoms with Gasteiger partial charge in [0.05, 0.1) is 11.0 Å². The largest absolute Gasteiger partial charge is 0.388 e. The van der Waals surface area contributed by atoms with Gasteiger partial charge in [0, 0.05) is 12.1 Å². The molecule has 0 saturated carbocycles. The van der Waals surface area contributed by atoms with E-state index in [1.54, 1.807) is 18.2 Å². The highest BCUT2D eigenvalue weighted by atomic mass is 16.6. The summed E-state index contributed by atoms with van der Waals surface area (Å²) < 4.78 is 0. The number of nitrogens with zero attached hydrogens (tertiary/aromatic N) is 1. The van der Waals surface area contributed by atoms with E-state index in [0.29, 0.717) is 18.4 Å². The third kappa shape index (κ3) is 3.18. The van der Waals surface area contributed by atoms with Crippen molar-refractivity contribution in [1.82, 2.24) is 0 Å². The van der Waals surface area contributed by atoms with Crippen LogP contribution in [0.1, 0.15) is 24.5 Å². The standard InChI is InChI=1S/C11H13NO3/c1-2-3-7-11(13)9-5-4-6-10(8-9)12(14)15/h2,4-6,8,11,13H,1,3,7H2. The van der Waals surface area contributed by atoms with Gasteiger partial charge in [-0.3, -0.25) is 10.1 Å². The average molecular weight is 207 g/mol. The maximum Gasteiger partial charge on any atom is 0.269 e. The molecule has 0 heterocycles. The van der Waals surface area contributed by atoms with Crippen LogP contribution in [0.5, 0.6) is 0 Å². The lowest BCUT2D eigenvalue weighted by Gasteiger charge is -2.08. The van der Waals surface area contributed by atoms with Gasteiger partial charge in [-0.25, -0.2) is 0 Å². The van der Waals surface area contributed by atoms with Crippen molar-refractivity contribution in [2.24, 2.45) is 0 Å². The molecule has 0 spiro atoms. The van der Waals surface area contributed by atoms with Crippen LogP contribution in [0.25, 0.3) is 0 Å². The molecular weight excluding hydrogens is 194 g/mol. The van der Waals surface area contributed by atoms with Gasteiger partial charge in [-0.15, -0.1) is 6.58 Å². The summed E-state index contributed by atoms with van der Waals surface area (Å²) in [7, 11) is 0. The Bertz CT molecular complexity index is 363. The molecule has 0 bridgehead atoms. The molecule has 0 aliphatic rings. The second-order valence-electron chi connectivity index (χ2n) is 3.23. The summed E-state index contributed by atoms with van der Waals surface area (Å²) in [5.74, 6) is 0. The van der Waals surface area contributed by atoms with Crippen molar-refractivity contribution in [2.45, 2.75) is 18.9 Å². The number of aliphatic hydroxyl groups excluding tert-OH is 1. The molecule has 0 aliphatic carbocycles. The first kappa shape index (κ1) is 11.4. The van der Waals surface area contributed by atoms with E-state index >= 15 is 0 Å². The number of aliphatic hydroxyl groups is 1. The predicted molar refractivity (Wildman–Crippen MR) is 57.5 cm³/mol. The van der Waals surface area contributed by atoms with Crippen LogP contribution in [0, 0.1) is 10.1 Å². The summed E-state index contributed by atoms with van der Waals surface area (Å²) in [4.78, 5) is 10.0. The van der Waals surface area contributed by atoms with E-state index in [2.05, 4.69) is 6.58 Å². The molecule has 4 nitrogen and oxygen atoms in total. The Kier molecular flexibility index (Phi) is 4.00. The number of nitro benzene ring substituents is 1. The number of rotatable bonds is 5. The van der Waals surface area contributed by atoms with Crippen LogP contribution in [0.4, 0.5) is 5.69 Å². The summed E-state index contributed by atoms with van der Waals surface area (Å²) >= 11 is 0. The molecular formula is C11H13NO3. The summed E-state index contributed by atoms with van der Waals surface area (Å²) in [5, 5.41) is 20.2. The Balaban J connectivity index is 2.80. The van der Waals surface area contributed by atoms with Crippen LogP contribution in [0.2, 0.25) is 0 Å². The number of hydrogen-bond acceptors (Lipinski definition) is 3. The number of allylic oxidation sites excluding steroid dienone is 1. The highest BCUT2D eigenvalue weighted by molar-refractivity contribution is 5.35. The van der Waals surface area contributed by atoms with Gasteiger partial charge < -0.3 is 5.11 Å². The highest BCUT2D eigenvalue weighted by Gasteiger charge is 2.11. The average Bonchev–Trinajstić information content (AvgIpc) is 2.26. The number of hydrogen-bond donors (Lipinski definition) is 1. The Hall–Kier alpha value is -1.68. The fourth-order valence-electron chi connectivity index (χ4n) is 1.29. The molecule has 0 aromatic heterocycles. The zero-order valence-corrected chi connectivity index (χ0v) is 8.30. The van der Waals surface area contributed by atoms with Crippen molar-refractivity contribution in [3.05, 3.63) is 52.6 Å². The molecule has 0 amide bonds. The topological polar surface area (TPSA) is 63.4 Å². The Morgan fingerprint density at radius 1 is 1.60 bits per heavy atom. The zero-order valence-electron chi connectivity index (χ0n) is 8.30. The van der Waals surface area contributed by atoms with E-state index in [9.17, 15) is 15.2 Å². The second-order valence-corrected chi connectivity index (χ2v) is 3.23. The van der Waals surface area contributed by atoms with E-state index in [0.717, 1.165) is 0 Å². The molecule has 1 rings (SSSR count). The molecule has 1 unspecified atom stereocenters. The fourth-order valence-corrected chi connectivity index (χ4v) is 1.29. The normalized spacial score (nSPS) is 12.1. The Morgan fingerprint density at radius 2 is 2.33 bits per heavy atom. The molecule has 1 atom stereocenters. The molecule has 0 aliphatic heterocycles. The first-order valence-corrected chi connectivity index (χ1v) is 4.68. The van der Waals surface area contributed by atoms with Crippen LogP contribution in [0.3, 0.4) is 0 Å². The minimum absolute atomic E-state index is 0.00477. The van der Waals surface area contributed by atoms with Crippen molar-refractivity contribution in [2.75, 3.05) is 0 Å². The molecule has 1 aromatic carbocycles. The van der Waals surface area contributed by atoms with E-state index in [-0.39, 0.29) is 5.69 Å². The third-order valence-electron chi connectivity index (χ3n) is 2.11. The molecule has 0 saturated heterocycles. The van der Waals surface area contributed by atoms with E-state index < -0.39 is 11.0 Å². The number of non-ortho nitro benzene ring substituents is 1. The maximum atomic E-state index is 10.5. The lowest BCUT2D eigenvalue weighted by molar-refractivity contribution is -0.385. The smallest absolute Gasteiger partial charge is 0.269 e. The molecule has 80 valence electrons. The zero-order chi connectivity index (χ0) is 11.3. The van der Waals surface area contributed by atoms with E-state index in [4.69, 9.17) is 0 Å². The van der Waals surface area contributed by atoms with Crippen molar-refractivity contribution in [3.8, 4) is 0 Å². The van der Waals surface area contributed by atoms with Crippen LogP contribution in [0.15, 0.2) is 36.9 Å². The summed E-state index contributed by atoms with van der Waals surface area (Å²) in [6, 6.07) is 6.06. The monoisotopic (exact) mass is 207 g/mol. The van der Waals surface area contributed by atoms with Gasteiger partial charge in [-0.05, 0) is 18.4 Å². The lowest BCUT2D eigenvalue weighted by Crippen LogP contribution is -1.98. The first-order valence-electron chi connectivity index (χ1n) is 4.68. The van der Waals surface area contributed by atoms with Gasteiger partial charge in [-0.2, -0.15) is 0 Å².